The van der Waals surface area contributed by atoms with Crippen LogP contribution in [-0.4, -0.2) is 25.2 Å². The summed E-state index contributed by atoms with van der Waals surface area (Å²) in [5.41, 5.74) is 10.0. The van der Waals surface area contributed by atoms with Gasteiger partial charge >= 0.3 is 5.92 Å². The Morgan fingerprint density at radius 2 is 2.00 bits per heavy atom. The number of fused-ring (bicyclic) bond motifs is 2. The molecule has 0 amide bonds. The fourth-order valence-corrected chi connectivity index (χ4v) is 2.52. The van der Waals surface area contributed by atoms with Gasteiger partial charge in [-0.25, -0.2) is 4.99 Å². The molecule has 0 unspecified atom stereocenters. The van der Waals surface area contributed by atoms with E-state index in [4.69, 9.17) is 16.2 Å². The van der Waals surface area contributed by atoms with E-state index in [0.29, 0.717) is 11.4 Å². The Morgan fingerprint density at radius 1 is 1.21 bits per heavy atom. The summed E-state index contributed by atoms with van der Waals surface area (Å²) in [5, 5.41) is 0. The summed E-state index contributed by atoms with van der Waals surface area (Å²) in [6, 6.07) is 4.40. The molecule has 19 heavy (non-hydrogen) atoms. The summed E-state index contributed by atoms with van der Waals surface area (Å²) >= 11 is 0. The number of nitrogens with zero attached hydrogens (tertiary/aromatic N) is 1. The Hall–Kier alpha value is -2.05. The zero-order chi connectivity index (χ0) is 13.7. The molecule has 0 bridgehead atoms. The lowest BCUT2D eigenvalue weighted by Crippen LogP contribution is -2.54. The molecule has 7 heteroatoms. The Balaban J connectivity index is 2.25. The monoisotopic (exact) mass is 269 g/mol. The van der Waals surface area contributed by atoms with Crippen molar-refractivity contribution in [2.24, 2.45) is 10.7 Å². The number of nitrogens with two attached hydrogens (primary N) is 2. The number of benzene rings is 1. The Bertz CT molecular complexity index is 562. The fourth-order valence-electron chi connectivity index (χ4n) is 2.52. The van der Waals surface area contributed by atoms with Crippen LogP contribution in [0.2, 0.25) is 0 Å². The number of rotatable bonds is 0. The van der Waals surface area contributed by atoms with E-state index in [1.807, 2.05) is 0 Å². The smallest absolute Gasteiger partial charge is 0.310 e. The molecule has 0 radical (unpaired) electrons. The van der Waals surface area contributed by atoms with Crippen LogP contribution >= 0.6 is 0 Å². The lowest BCUT2D eigenvalue weighted by Gasteiger charge is -2.43. The van der Waals surface area contributed by atoms with Gasteiger partial charge in [0.2, 0.25) is 0 Å². The Morgan fingerprint density at radius 3 is 2.79 bits per heavy atom. The van der Waals surface area contributed by atoms with Gasteiger partial charge in [0, 0.05) is 17.7 Å². The van der Waals surface area contributed by atoms with E-state index in [1.54, 1.807) is 12.1 Å². The second kappa shape index (κ2) is 3.72. The van der Waals surface area contributed by atoms with Crippen molar-refractivity contribution in [3.63, 3.8) is 0 Å². The van der Waals surface area contributed by atoms with Crippen LogP contribution in [0, 0.1) is 0 Å². The zero-order valence-corrected chi connectivity index (χ0v) is 10.0. The predicted octanol–water partition coefficient (Wildman–Crippen LogP) is 1.23. The van der Waals surface area contributed by atoms with E-state index in [2.05, 4.69) is 9.73 Å². The summed E-state index contributed by atoms with van der Waals surface area (Å²) in [7, 11) is 0. The molecule has 1 spiro atoms. The van der Waals surface area contributed by atoms with Crippen molar-refractivity contribution in [2.45, 2.75) is 17.9 Å². The molecular weight excluding hydrogens is 256 g/mol. The van der Waals surface area contributed by atoms with E-state index in [9.17, 15) is 8.78 Å². The number of aliphatic imine (C=N–C) groups is 1. The quantitative estimate of drug-likeness (QED) is 0.694. The summed E-state index contributed by atoms with van der Waals surface area (Å²) in [6.07, 6.45) is 0.0283. The number of hydrogen-bond acceptors (Lipinski definition) is 5. The maximum absolute atomic E-state index is 14.3. The number of nitrogen functional groups attached to an aromatic ring is 1. The molecule has 4 N–H and O–H groups in total. The largest absolute Gasteiger partial charge is 0.493 e. The Kier molecular flexibility index (Phi) is 2.35. The molecule has 3 rings (SSSR count). The van der Waals surface area contributed by atoms with Crippen LogP contribution in [-0.2, 0) is 10.3 Å². The molecule has 0 aliphatic carbocycles. The highest BCUT2D eigenvalue weighted by Crippen LogP contribution is 2.51. The number of alkyl halides is 2. The lowest BCUT2D eigenvalue weighted by atomic mass is 9.79. The van der Waals surface area contributed by atoms with Crippen LogP contribution < -0.4 is 16.2 Å². The van der Waals surface area contributed by atoms with E-state index >= 15 is 0 Å². The highest BCUT2D eigenvalue weighted by Gasteiger charge is 2.60. The first kappa shape index (κ1) is 12.0. The molecular formula is C12H13F2N3O2. The zero-order valence-electron chi connectivity index (χ0n) is 10.0. The van der Waals surface area contributed by atoms with E-state index in [1.165, 1.54) is 6.07 Å². The van der Waals surface area contributed by atoms with E-state index in [-0.39, 0.29) is 24.6 Å². The van der Waals surface area contributed by atoms with Crippen LogP contribution in [0.3, 0.4) is 0 Å². The number of anilines is 1. The average Bonchev–Trinajstić information content (AvgIpc) is 2.36. The van der Waals surface area contributed by atoms with Crippen LogP contribution in [0.15, 0.2) is 23.2 Å². The molecule has 0 aromatic heterocycles. The highest BCUT2D eigenvalue weighted by molar-refractivity contribution is 5.74. The van der Waals surface area contributed by atoms with Crippen molar-refractivity contribution in [3.05, 3.63) is 23.8 Å². The van der Waals surface area contributed by atoms with Gasteiger partial charge in [0.1, 0.15) is 5.75 Å². The lowest BCUT2D eigenvalue weighted by molar-refractivity contribution is -0.132. The Labute approximate surface area is 108 Å². The molecule has 2 aliphatic heterocycles. The minimum atomic E-state index is -3.16. The van der Waals surface area contributed by atoms with Gasteiger partial charge < -0.3 is 20.9 Å². The molecule has 1 aromatic rings. The van der Waals surface area contributed by atoms with Gasteiger partial charge in [0.15, 0.2) is 12.1 Å². The third-order valence-electron chi connectivity index (χ3n) is 3.48. The average molecular weight is 269 g/mol. The van der Waals surface area contributed by atoms with Crippen molar-refractivity contribution in [3.8, 4) is 5.75 Å². The first-order valence-electron chi connectivity index (χ1n) is 5.83. The maximum Gasteiger partial charge on any atom is 0.310 e. The minimum Gasteiger partial charge on any atom is -0.493 e. The summed E-state index contributed by atoms with van der Waals surface area (Å²) in [5.74, 6) is -2.80. The van der Waals surface area contributed by atoms with Gasteiger partial charge in [-0.05, 0) is 18.2 Å². The van der Waals surface area contributed by atoms with Crippen molar-refractivity contribution in [2.75, 3.05) is 18.9 Å². The third-order valence-corrected chi connectivity index (χ3v) is 3.48. The predicted molar refractivity (Wildman–Crippen MR) is 65.2 cm³/mol. The number of ether oxygens (including phenoxy) is 2. The fraction of sp³-hybridized carbons (Fsp3) is 0.417. The molecule has 0 saturated carbocycles. The van der Waals surface area contributed by atoms with Gasteiger partial charge in [-0.2, -0.15) is 8.78 Å². The van der Waals surface area contributed by atoms with Crippen LogP contribution in [0.25, 0.3) is 0 Å². The minimum absolute atomic E-state index is 0.0283. The molecule has 1 atom stereocenters. The molecule has 5 nitrogen and oxygen atoms in total. The van der Waals surface area contributed by atoms with E-state index < -0.39 is 18.1 Å². The van der Waals surface area contributed by atoms with Crippen molar-refractivity contribution in [1.29, 1.82) is 0 Å². The van der Waals surface area contributed by atoms with Crippen LogP contribution in [0.5, 0.6) is 5.75 Å². The number of hydrogen-bond donors (Lipinski definition) is 2. The molecule has 1 aromatic carbocycles. The van der Waals surface area contributed by atoms with Gasteiger partial charge in [-0.15, -0.1) is 0 Å². The highest BCUT2D eigenvalue weighted by atomic mass is 19.3. The first-order valence-corrected chi connectivity index (χ1v) is 5.83. The van der Waals surface area contributed by atoms with Gasteiger partial charge in [0.25, 0.3) is 6.02 Å². The second-order valence-electron chi connectivity index (χ2n) is 4.66. The second-order valence-corrected chi connectivity index (χ2v) is 4.66. The van der Waals surface area contributed by atoms with Crippen LogP contribution in [0.1, 0.15) is 12.0 Å². The number of halogens is 2. The topological polar surface area (TPSA) is 82.9 Å². The SMILES string of the molecule is NC1=N[C@@]2(CCOc3ccc(N)cc32)C(F)(F)CO1. The molecule has 102 valence electrons. The molecule has 0 saturated heterocycles. The van der Waals surface area contributed by atoms with Crippen molar-refractivity contribution >= 4 is 11.7 Å². The molecule has 0 fully saturated rings. The third kappa shape index (κ3) is 1.61. The van der Waals surface area contributed by atoms with Gasteiger partial charge in [-0.3, -0.25) is 0 Å². The van der Waals surface area contributed by atoms with Crippen molar-refractivity contribution in [1.82, 2.24) is 0 Å². The summed E-state index contributed by atoms with van der Waals surface area (Å²) in [4.78, 5) is 3.90. The summed E-state index contributed by atoms with van der Waals surface area (Å²) in [6.45, 7) is -0.653. The maximum atomic E-state index is 14.3. The van der Waals surface area contributed by atoms with Crippen LogP contribution in [0.4, 0.5) is 14.5 Å². The van der Waals surface area contributed by atoms with Gasteiger partial charge in [-0.1, -0.05) is 0 Å². The van der Waals surface area contributed by atoms with Gasteiger partial charge in [0.05, 0.1) is 6.61 Å². The molecule has 2 aliphatic rings. The number of amidine groups is 1. The molecule has 2 heterocycles. The van der Waals surface area contributed by atoms with E-state index in [0.717, 1.165) is 0 Å². The van der Waals surface area contributed by atoms with Crippen molar-refractivity contribution < 1.29 is 18.3 Å². The summed E-state index contributed by atoms with van der Waals surface area (Å²) < 4.78 is 38.8. The normalized spacial score (nSPS) is 28.0. The first-order chi connectivity index (χ1) is 8.95. The standard InChI is InChI=1S/C12H13F2N3O2/c13-12(14)6-19-10(16)17-11(12)3-4-18-9-2-1-7(15)5-8(9)11/h1-2,5H,3-4,6,15H2,(H2,16,17)/t11-/m1/s1.